The predicted octanol–water partition coefficient (Wildman–Crippen LogP) is 2.25. The number of hydrogen-bond donors (Lipinski definition) is 1. The number of carbonyl (C=O) groups excluding carboxylic acids is 1. The summed E-state index contributed by atoms with van der Waals surface area (Å²) in [5, 5.41) is 3.40. The third kappa shape index (κ3) is 7.98. The summed E-state index contributed by atoms with van der Waals surface area (Å²) in [6.07, 6.45) is 5.13. The summed E-state index contributed by atoms with van der Waals surface area (Å²) >= 11 is 0. The molecule has 0 aromatic carbocycles. The van der Waals surface area contributed by atoms with E-state index in [2.05, 4.69) is 29.0 Å². The average Bonchev–Trinajstić information content (AvgIpc) is 2.61. The second-order valence-corrected chi connectivity index (χ2v) is 7.48. The Bertz CT molecular complexity index is 438. The summed E-state index contributed by atoms with van der Waals surface area (Å²) in [7, 11) is 0. The second kappa shape index (κ2) is 12.8. The molecule has 6 nitrogen and oxygen atoms in total. The van der Waals surface area contributed by atoms with Crippen LogP contribution < -0.4 is 5.32 Å². The molecule has 2 saturated heterocycles. The molecule has 2 fully saturated rings. The van der Waals surface area contributed by atoms with Crippen LogP contribution in [-0.4, -0.2) is 85.5 Å². The molecule has 0 radical (unpaired) electrons. The van der Waals surface area contributed by atoms with Crippen molar-refractivity contribution in [1.82, 2.24) is 20.0 Å². The first-order valence-electron chi connectivity index (χ1n) is 10.1. The molecule has 0 bridgehead atoms. The van der Waals surface area contributed by atoms with Crippen molar-refractivity contribution in [3.63, 3.8) is 0 Å². The minimum absolute atomic E-state index is 0. The minimum Gasteiger partial charge on any atom is -0.357 e. The monoisotopic (exact) mass is 479 g/mol. The number of amides is 1. The van der Waals surface area contributed by atoms with Crippen LogP contribution in [0.15, 0.2) is 4.99 Å². The predicted molar refractivity (Wildman–Crippen MR) is 119 cm³/mol. The van der Waals surface area contributed by atoms with Crippen molar-refractivity contribution in [3.05, 3.63) is 0 Å². The molecule has 1 atom stereocenters. The zero-order chi connectivity index (χ0) is 18.1. The highest BCUT2D eigenvalue weighted by molar-refractivity contribution is 14.0. The fourth-order valence-electron chi connectivity index (χ4n) is 3.78. The molecule has 0 aromatic heterocycles. The Morgan fingerprint density at radius 3 is 2.42 bits per heavy atom. The van der Waals surface area contributed by atoms with Crippen LogP contribution in [0.1, 0.15) is 46.5 Å². The standard InChI is InChI=1S/C19H37N5O.HI/c1-4-20-19(24-14-12-23(13-15-24)18(3)25)21-9-5-6-10-22-11-7-8-17(2)16-22;/h17H,4-16H2,1-3H3,(H,20,21);1H. The Hall–Kier alpha value is -0.570. The van der Waals surface area contributed by atoms with Gasteiger partial charge in [0, 0.05) is 52.7 Å². The van der Waals surface area contributed by atoms with E-state index in [1.165, 1.54) is 38.9 Å². The highest BCUT2D eigenvalue weighted by Crippen LogP contribution is 2.15. The van der Waals surface area contributed by atoms with Crippen LogP contribution in [0.25, 0.3) is 0 Å². The van der Waals surface area contributed by atoms with Gasteiger partial charge in [0.05, 0.1) is 0 Å². The zero-order valence-electron chi connectivity index (χ0n) is 16.9. The van der Waals surface area contributed by atoms with E-state index in [9.17, 15) is 4.79 Å². The van der Waals surface area contributed by atoms with Gasteiger partial charge in [-0.2, -0.15) is 0 Å². The number of hydrogen-bond acceptors (Lipinski definition) is 3. The molecular formula is C19H38IN5O. The first-order valence-corrected chi connectivity index (χ1v) is 10.1. The van der Waals surface area contributed by atoms with Crippen LogP contribution in [0.2, 0.25) is 0 Å². The van der Waals surface area contributed by atoms with Gasteiger partial charge in [0.2, 0.25) is 5.91 Å². The Morgan fingerprint density at radius 2 is 1.81 bits per heavy atom. The fraction of sp³-hybridized carbons (Fsp3) is 0.895. The third-order valence-corrected chi connectivity index (χ3v) is 5.24. The number of piperidine rings is 1. The molecule has 2 aliphatic heterocycles. The molecule has 0 saturated carbocycles. The highest BCUT2D eigenvalue weighted by atomic mass is 127. The average molecular weight is 479 g/mol. The maximum absolute atomic E-state index is 11.5. The van der Waals surface area contributed by atoms with E-state index in [0.29, 0.717) is 0 Å². The van der Waals surface area contributed by atoms with E-state index < -0.39 is 0 Å². The molecule has 2 rings (SSSR count). The number of unbranched alkanes of at least 4 members (excludes halogenated alkanes) is 1. The summed E-state index contributed by atoms with van der Waals surface area (Å²) in [4.78, 5) is 23.1. The third-order valence-electron chi connectivity index (χ3n) is 5.24. The lowest BCUT2D eigenvalue weighted by molar-refractivity contribution is -0.130. The van der Waals surface area contributed by atoms with E-state index >= 15 is 0 Å². The quantitative estimate of drug-likeness (QED) is 0.275. The van der Waals surface area contributed by atoms with Gasteiger partial charge in [0.15, 0.2) is 5.96 Å². The SMILES string of the molecule is CCNC(=NCCCCN1CCCC(C)C1)N1CCN(C(C)=O)CC1.I. The molecule has 152 valence electrons. The molecule has 7 heteroatoms. The molecule has 0 aliphatic carbocycles. The summed E-state index contributed by atoms with van der Waals surface area (Å²) in [5.41, 5.74) is 0. The van der Waals surface area contributed by atoms with Crippen molar-refractivity contribution in [1.29, 1.82) is 0 Å². The zero-order valence-corrected chi connectivity index (χ0v) is 19.2. The number of likely N-dealkylation sites (tertiary alicyclic amines) is 1. The second-order valence-electron chi connectivity index (χ2n) is 7.48. The smallest absolute Gasteiger partial charge is 0.219 e. The first kappa shape index (κ1) is 23.5. The molecule has 2 heterocycles. The lowest BCUT2D eigenvalue weighted by Crippen LogP contribution is -2.53. The van der Waals surface area contributed by atoms with Crippen LogP contribution in [0.5, 0.6) is 0 Å². The lowest BCUT2D eigenvalue weighted by atomic mass is 10.0. The molecule has 2 aliphatic rings. The van der Waals surface area contributed by atoms with Crippen molar-refractivity contribution in [2.24, 2.45) is 10.9 Å². The van der Waals surface area contributed by atoms with Gasteiger partial charge in [0.1, 0.15) is 0 Å². The van der Waals surface area contributed by atoms with E-state index in [1.807, 2.05) is 4.90 Å². The topological polar surface area (TPSA) is 51.2 Å². The molecule has 1 amide bonds. The normalized spacial score (nSPS) is 22.1. The Morgan fingerprint density at radius 1 is 1.12 bits per heavy atom. The van der Waals surface area contributed by atoms with Crippen molar-refractivity contribution >= 4 is 35.8 Å². The van der Waals surface area contributed by atoms with Gasteiger partial charge in [-0.15, -0.1) is 24.0 Å². The van der Waals surface area contributed by atoms with Crippen LogP contribution in [-0.2, 0) is 4.79 Å². The molecule has 0 aromatic rings. The molecule has 26 heavy (non-hydrogen) atoms. The lowest BCUT2D eigenvalue weighted by Gasteiger charge is -2.36. The van der Waals surface area contributed by atoms with Gasteiger partial charge < -0.3 is 20.0 Å². The number of halogens is 1. The van der Waals surface area contributed by atoms with E-state index in [1.54, 1.807) is 6.92 Å². The minimum atomic E-state index is 0. The number of carbonyl (C=O) groups is 1. The van der Waals surface area contributed by atoms with E-state index in [0.717, 1.165) is 57.6 Å². The number of aliphatic imine (C=N–C) groups is 1. The van der Waals surface area contributed by atoms with Crippen molar-refractivity contribution in [2.45, 2.75) is 46.5 Å². The van der Waals surface area contributed by atoms with Crippen molar-refractivity contribution in [3.8, 4) is 0 Å². The molecule has 1 N–H and O–H groups in total. The summed E-state index contributed by atoms with van der Waals surface area (Å²) in [5.74, 6) is 2.05. The molecule has 1 unspecified atom stereocenters. The summed E-state index contributed by atoms with van der Waals surface area (Å²) in [6, 6.07) is 0. The Kier molecular flexibility index (Phi) is 11.5. The van der Waals surface area contributed by atoms with Gasteiger partial charge in [-0.3, -0.25) is 9.79 Å². The summed E-state index contributed by atoms with van der Waals surface area (Å²) < 4.78 is 0. The van der Waals surface area contributed by atoms with Crippen molar-refractivity contribution < 1.29 is 4.79 Å². The Labute approximate surface area is 176 Å². The number of guanidine groups is 1. The maximum Gasteiger partial charge on any atom is 0.219 e. The van der Waals surface area contributed by atoms with Crippen LogP contribution >= 0.6 is 24.0 Å². The number of nitrogens with one attached hydrogen (secondary N) is 1. The van der Waals surface area contributed by atoms with Gasteiger partial charge in [-0.25, -0.2) is 0 Å². The van der Waals surface area contributed by atoms with E-state index in [4.69, 9.17) is 4.99 Å². The number of nitrogens with zero attached hydrogens (tertiary/aromatic N) is 4. The highest BCUT2D eigenvalue weighted by Gasteiger charge is 2.20. The van der Waals surface area contributed by atoms with Crippen LogP contribution in [0, 0.1) is 5.92 Å². The van der Waals surface area contributed by atoms with Crippen molar-refractivity contribution in [2.75, 3.05) is 58.9 Å². The molecular weight excluding hydrogens is 441 g/mol. The maximum atomic E-state index is 11.5. The summed E-state index contributed by atoms with van der Waals surface area (Å²) in [6.45, 7) is 15.0. The fourth-order valence-corrected chi connectivity index (χ4v) is 3.78. The first-order chi connectivity index (χ1) is 12.1. The Balaban J connectivity index is 0.00000338. The van der Waals surface area contributed by atoms with E-state index in [-0.39, 0.29) is 29.9 Å². The van der Waals surface area contributed by atoms with Crippen LogP contribution in [0.3, 0.4) is 0 Å². The number of piperazine rings is 1. The van der Waals surface area contributed by atoms with Gasteiger partial charge in [-0.05, 0) is 51.6 Å². The van der Waals surface area contributed by atoms with Gasteiger partial charge in [-0.1, -0.05) is 6.92 Å². The van der Waals surface area contributed by atoms with Crippen LogP contribution in [0.4, 0.5) is 0 Å². The molecule has 0 spiro atoms. The van der Waals surface area contributed by atoms with Gasteiger partial charge >= 0.3 is 0 Å². The van der Waals surface area contributed by atoms with Gasteiger partial charge in [0.25, 0.3) is 0 Å². The number of rotatable bonds is 6. The largest absolute Gasteiger partial charge is 0.357 e.